The molecule has 2 N–H and O–H groups in total. The average molecular weight is 264 g/mol. The highest BCUT2D eigenvalue weighted by atomic mass is 16.2. The van der Waals surface area contributed by atoms with Crippen LogP contribution in [0.2, 0.25) is 0 Å². The van der Waals surface area contributed by atoms with Crippen molar-refractivity contribution in [1.82, 2.24) is 20.2 Å². The second-order valence-electron chi connectivity index (χ2n) is 4.78. The molecule has 0 saturated carbocycles. The Kier molecular flexibility index (Phi) is 4.68. The average Bonchev–Trinajstić information content (AvgIpc) is 2.46. The van der Waals surface area contributed by atoms with E-state index >= 15 is 0 Å². The number of aromatic nitrogens is 2. The topological polar surface area (TPSA) is 78.1 Å². The van der Waals surface area contributed by atoms with Gasteiger partial charge in [0.05, 0.1) is 6.20 Å². The van der Waals surface area contributed by atoms with E-state index in [9.17, 15) is 9.59 Å². The summed E-state index contributed by atoms with van der Waals surface area (Å²) >= 11 is 0. The van der Waals surface area contributed by atoms with E-state index in [4.69, 9.17) is 0 Å². The number of piperidine rings is 1. The first-order valence-electron chi connectivity index (χ1n) is 6.78. The number of amides is 1. The van der Waals surface area contributed by atoms with E-state index in [1.807, 2.05) is 4.90 Å². The zero-order valence-corrected chi connectivity index (χ0v) is 11.2. The van der Waals surface area contributed by atoms with Crippen LogP contribution in [0.3, 0.4) is 0 Å². The third kappa shape index (κ3) is 3.41. The maximum atomic E-state index is 12.5. The summed E-state index contributed by atoms with van der Waals surface area (Å²) in [5.41, 5.74) is 0.0204. The highest BCUT2D eigenvalue weighted by Crippen LogP contribution is 2.14. The Balaban J connectivity index is 2.15. The van der Waals surface area contributed by atoms with Crippen LogP contribution >= 0.6 is 0 Å². The molecule has 2 heterocycles. The van der Waals surface area contributed by atoms with Crippen LogP contribution in [0.1, 0.15) is 36.7 Å². The molecular weight excluding hydrogens is 244 g/mol. The Morgan fingerprint density at radius 3 is 2.79 bits per heavy atom. The predicted octanol–water partition coefficient (Wildman–Crippen LogP) is 0.374. The lowest BCUT2D eigenvalue weighted by molar-refractivity contribution is 0.0636. The van der Waals surface area contributed by atoms with E-state index in [1.54, 1.807) is 0 Å². The van der Waals surface area contributed by atoms with E-state index in [0.29, 0.717) is 5.69 Å². The lowest BCUT2D eigenvalue weighted by Gasteiger charge is -2.34. The van der Waals surface area contributed by atoms with Crippen LogP contribution < -0.4 is 10.9 Å². The molecule has 1 aliphatic heterocycles. The van der Waals surface area contributed by atoms with Gasteiger partial charge in [0.1, 0.15) is 5.69 Å². The second kappa shape index (κ2) is 6.47. The molecular formula is C13H20N4O2. The summed E-state index contributed by atoms with van der Waals surface area (Å²) in [6.07, 6.45) is 5.40. The fraction of sp³-hybridized carbons (Fsp3) is 0.615. The van der Waals surface area contributed by atoms with Crippen LogP contribution in [0.15, 0.2) is 17.2 Å². The minimum Gasteiger partial charge on any atom is -0.334 e. The van der Waals surface area contributed by atoms with E-state index in [1.165, 1.54) is 6.20 Å². The number of rotatable bonds is 4. The molecule has 0 unspecified atom stereocenters. The van der Waals surface area contributed by atoms with Crippen LogP contribution in [-0.2, 0) is 0 Å². The molecule has 6 nitrogen and oxygen atoms in total. The van der Waals surface area contributed by atoms with Gasteiger partial charge in [0, 0.05) is 18.8 Å². The van der Waals surface area contributed by atoms with Crippen molar-refractivity contribution < 1.29 is 4.79 Å². The smallest absolute Gasteiger partial charge is 0.274 e. The van der Waals surface area contributed by atoms with Crippen molar-refractivity contribution in [1.29, 1.82) is 0 Å². The normalized spacial score (nSPS) is 16.3. The number of carbonyl (C=O) groups is 1. The summed E-state index contributed by atoms with van der Waals surface area (Å²) < 4.78 is 0. The lowest BCUT2D eigenvalue weighted by atomic mass is 10.0. The quantitative estimate of drug-likeness (QED) is 0.824. The Morgan fingerprint density at radius 2 is 2.21 bits per heavy atom. The maximum absolute atomic E-state index is 12.5. The molecule has 1 aromatic rings. The summed E-state index contributed by atoms with van der Waals surface area (Å²) in [5.74, 6) is -0.0926. The van der Waals surface area contributed by atoms with E-state index in [2.05, 4.69) is 22.2 Å². The zero-order chi connectivity index (χ0) is 13.7. The lowest BCUT2D eigenvalue weighted by Crippen LogP contribution is -2.46. The van der Waals surface area contributed by atoms with Crippen LogP contribution in [0.5, 0.6) is 0 Å². The fourth-order valence-electron chi connectivity index (χ4n) is 2.42. The van der Waals surface area contributed by atoms with Gasteiger partial charge in [-0.25, -0.2) is 4.98 Å². The van der Waals surface area contributed by atoms with Crippen molar-refractivity contribution in [2.75, 3.05) is 19.6 Å². The third-order valence-electron chi connectivity index (χ3n) is 3.37. The van der Waals surface area contributed by atoms with Gasteiger partial charge in [-0.15, -0.1) is 0 Å². The molecule has 0 atom stereocenters. The highest BCUT2D eigenvalue weighted by Gasteiger charge is 2.26. The number of nitrogens with zero attached hydrogens (tertiary/aromatic N) is 2. The number of aromatic amines is 1. The standard InChI is InChI=1S/C13H20N4O2/c1-2-7-17(10-3-5-14-6-4-10)13(19)11-8-16-12(18)9-15-11/h8-10,14H,2-7H2,1H3,(H,16,18). The van der Waals surface area contributed by atoms with Gasteiger partial charge in [-0.3, -0.25) is 9.59 Å². The Labute approximate surface area is 112 Å². The fourth-order valence-corrected chi connectivity index (χ4v) is 2.42. The summed E-state index contributed by atoms with van der Waals surface area (Å²) in [6, 6.07) is 0.266. The molecule has 0 aliphatic carbocycles. The molecule has 1 saturated heterocycles. The molecule has 104 valence electrons. The minimum atomic E-state index is -0.291. The molecule has 0 bridgehead atoms. The van der Waals surface area contributed by atoms with Gasteiger partial charge in [0.2, 0.25) is 0 Å². The van der Waals surface area contributed by atoms with Gasteiger partial charge in [-0.1, -0.05) is 6.92 Å². The maximum Gasteiger partial charge on any atom is 0.274 e. The van der Waals surface area contributed by atoms with Crippen molar-refractivity contribution in [3.05, 3.63) is 28.4 Å². The van der Waals surface area contributed by atoms with Gasteiger partial charge < -0.3 is 15.2 Å². The molecule has 1 amide bonds. The van der Waals surface area contributed by atoms with Crippen LogP contribution in [-0.4, -0.2) is 46.5 Å². The highest BCUT2D eigenvalue weighted by molar-refractivity contribution is 5.92. The second-order valence-corrected chi connectivity index (χ2v) is 4.78. The van der Waals surface area contributed by atoms with Gasteiger partial charge in [0.15, 0.2) is 0 Å². The van der Waals surface area contributed by atoms with Crippen molar-refractivity contribution >= 4 is 5.91 Å². The monoisotopic (exact) mass is 264 g/mol. The van der Waals surface area contributed by atoms with Crippen LogP contribution in [0, 0.1) is 0 Å². The van der Waals surface area contributed by atoms with Gasteiger partial charge in [0.25, 0.3) is 11.5 Å². The molecule has 2 rings (SSSR count). The van der Waals surface area contributed by atoms with E-state index in [0.717, 1.165) is 45.1 Å². The number of nitrogens with one attached hydrogen (secondary N) is 2. The summed E-state index contributed by atoms with van der Waals surface area (Å²) in [6.45, 7) is 4.67. The van der Waals surface area contributed by atoms with E-state index in [-0.39, 0.29) is 17.5 Å². The predicted molar refractivity (Wildman–Crippen MR) is 72.1 cm³/mol. The first-order chi connectivity index (χ1) is 9.22. The van der Waals surface area contributed by atoms with Crippen molar-refractivity contribution in [2.45, 2.75) is 32.2 Å². The van der Waals surface area contributed by atoms with Crippen LogP contribution in [0.4, 0.5) is 0 Å². The molecule has 19 heavy (non-hydrogen) atoms. The molecule has 1 aliphatic rings. The molecule has 1 aromatic heterocycles. The molecule has 0 spiro atoms. The van der Waals surface area contributed by atoms with Crippen molar-refractivity contribution in [3.63, 3.8) is 0 Å². The van der Waals surface area contributed by atoms with Gasteiger partial charge in [-0.2, -0.15) is 0 Å². The summed E-state index contributed by atoms with van der Waals surface area (Å²) in [7, 11) is 0. The number of hydrogen-bond acceptors (Lipinski definition) is 4. The zero-order valence-electron chi connectivity index (χ0n) is 11.2. The number of H-pyrrole nitrogens is 1. The van der Waals surface area contributed by atoms with Crippen molar-refractivity contribution in [3.8, 4) is 0 Å². The number of hydrogen-bond donors (Lipinski definition) is 2. The van der Waals surface area contributed by atoms with Gasteiger partial charge in [-0.05, 0) is 32.4 Å². The molecule has 1 fully saturated rings. The Morgan fingerprint density at radius 1 is 1.47 bits per heavy atom. The summed E-state index contributed by atoms with van der Waals surface area (Å²) in [5, 5.41) is 3.30. The SMILES string of the molecule is CCCN(C(=O)c1c[nH]c(=O)cn1)C1CCNCC1. The summed E-state index contributed by atoms with van der Waals surface area (Å²) in [4.78, 5) is 31.8. The number of carbonyl (C=O) groups excluding carboxylic acids is 1. The van der Waals surface area contributed by atoms with Crippen molar-refractivity contribution in [2.24, 2.45) is 0 Å². The largest absolute Gasteiger partial charge is 0.334 e. The first kappa shape index (κ1) is 13.7. The third-order valence-corrected chi connectivity index (χ3v) is 3.37. The molecule has 0 radical (unpaired) electrons. The molecule has 0 aromatic carbocycles. The van der Waals surface area contributed by atoms with Gasteiger partial charge >= 0.3 is 0 Å². The Bertz CT molecular complexity index is 459. The Hall–Kier alpha value is -1.69. The minimum absolute atomic E-state index is 0.0926. The molecule has 6 heteroatoms. The first-order valence-corrected chi connectivity index (χ1v) is 6.78. The van der Waals surface area contributed by atoms with E-state index < -0.39 is 0 Å². The van der Waals surface area contributed by atoms with Crippen LogP contribution in [0.25, 0.3) is 0 Å².